The van der Waals surface area contributed by atoms with Gasteiger partial charge < -0.3 is 9.47 Å². The Kier molecular flexibility index (Phi) is 7.78. The lowest BCUT2D eigenvalue weighted by Gasteiger charge is -2.31. The number of halogens is 1. The van der Waals surface area contributed by atoms with E-state index in [4.69, 9.17) is 9.47 Å². The van der Waals surface area contributed by atoms with E-state index in [1.54, 1.807) is 14.2 Å². The summed E-state index contributed by atoms with van der Waals surface area (Å²) in [5.74, 6) is 2.07. The van der Waals surface area contributed by atoms with Crippen LogP contribution in [0.4, 0.5) is 0 Å². The van der Waals surface area contributed by atoms with Gasteiger partial charge in [-0.1, -0.05) is 60.7 Å². The van der Waals surface area contributed by atoms with E-state index >= 15 is 0 Å². The summed E-state index contributed by atoms with van der Waals surface area (Å²) < 4.78 is 11.0. The van der Waals surface area contributed by atoms with Crippen LogP contribution in [0.5, 0.6) is 11.5 Å². The molecular formula is C26H30ClNO2. The second-order valence-corrected chi connectivity index (χ2v) is 7.66. The van der Waals surface area contributed by atoms with Gasteiger partial charge in [-0.2, -0.15) is 0 Å². The predicted molar refractivity (Wildman–Crippen MR) is 125 cm³/mol. The minimum atomic E-state index is 0. The molecule has 0 radical (unpaired) electrons. The van der Waals surface area contributed by atoms with E-state index in [1.807, 2.05) is 0 Å². The van der Waals surface area contributed by atoms with Crippen LogP contribution in [-0.2, 0) is 13.0 Å². The molecule has 3 aromatic rings. The van der Waals surface area contributed by atoms with E-state index in [0.29, 0.717) is 5.92 Å². The van der Waals surface area contributed by atoms with Crippen LogP contribution < -0.4 is 9.47 Å². The van der Waals surface area contributed by atoms with Crippen molar-refractivity contribution in [1.82, 2.24) is 4.90 Å². The highest BCUT2D eigenvalue weighted by atomic mass is 35.5. The van der Waals surface area contributed by atoms with Crippen LogP contribution in [0.15, 0.2) is 72.8 Å². The molecule has 4 heteroatoms. The first-order chi connectivity index (χ1) is 14.3. The van der Waals surface area contributed by atoms with Crippen LogP contribution in [0.3, 0.4) is 0 Å². The van der Waals surface area contributed by atoms with Gasteiger partial charge in [-0.3, -0.25) is 4.90 Å². The summed E-state index contributed by atoms with van der Waals surface area (Å²) in [7, 11) is 3.40. The van der Waals surface area contributed by atoms with E-state index in [9.17, 15) is 0 Å². The summed E-state index contributed by atoms with van der Waals surface area (Å²) >= 11 is 0. The summed E-state index contributed by atoms with van der Waals surface area (Å²) in [5, 5.41) is 0. The Morgan fingerprint density at radius 3 is 1.87 bits per heavy atom. The number of ether oxygens (including phenoxy) is 2. The summed E-state index contributed by atoms with van der Waals surface area (Å²) in [5.41, 5.74) is 5.51. The molecule has 1 aliphatic rings. The lowest BCUT2D eigenvalue weighted by Crippen LogP contribution is -2.32. The number of rotatable bonds is 7. The third kappa shape index (κ3) is 4.97. The minimum Gasteiger partial charge on any atom is -0.493 e. The van der Waals surface area contributed by atoms with E-state index in [1.165, 1.54) is 22.3 Å². The number of nitrogens with zero attached hydrogens (tertiary/aromatic N) is 1. The van der Waals surface area contributed by atoms with Gasteiger partial charge in [-0.05, 0) is 53.8 Å². The van der Waals surface area contributed by atoms with Crippen molar-refractivity contribution in [3.63, 3.8) is 0 Å². The quantitative estimate of drug-likeness (QED) is 0.486. The Bertz CT molecular complexity index is 891. The van der Waals surface area contributed by atoms with Crippen molar-refractivity contribution in [2.24, 2.45) is 0 Å². The molecular weight excluding hydrogens is 394 g/mol. The molecule has 158 valence electrons. The third-order valence-corrected chi connectivity index (χ3v) is 5.93. The molecule has 3 nitrogen and oxygen atoms in total. The van der Waals surface area contributed by atoms with Crippen LogP contribution in [0.2, 0.25) is 0 Å². The maximum atomic E-state index is 5.51. The van der Waals surface area contributed by atoms with Gasteiger partial charge in [0.05, 0.1) is 14.2 Å². The van der Waals surface area contributed by atoms with Gasteiger partial charge in [0.15, 0.2) is 11.5 Å². The summed E-state index contributed by atoms with van der Waals surface area (Å²) in [6.07, 6.45) is 2.16. The lowest BCUT2D eigenvalue weighted by atomic mass is 9.88. The zero-order valence-electron chi connectivity index (χ0n) is 17.7. The molecule has 0 saturated heterocycles. The van der Waals surface area contributed by atoms with Gasteiger partial charge in [-0.25, -0.2) is 0 Å². The first kappa shape index (κ1) is 22.2. The van der Waals surface area contributed by atoms with Gasteiger partial charge >= 0.3 is 0 Å². The van der Waals surface area contributed by atoms with Crippen molar-refractivity contribution in [3.05, 3.63) is 95.1 Å². The monoisotopic (exact) mass is 423 g/mol. The van der Waals surface area contributed by atoms with Crippen LogP contribution in [0.1, 0.15) is 34.6 Å². The third-order valence-electron chi connectivity index (χ3n) is 5.93. The fourth-order valence-corrected chi connectivity index (χ4v) is 4.34. The van der Waals surface area contributed by atoms with Crippen LogP contribution in [0.25, 0.3) is 0 Å². The zero-order chi connectivity index (χ0) is 20.1. The van der Waals surface area contributed by atoms with Gasteiger partial charge in [-0.15, -0.1) is 12.4 Å². The molecule has 3 aromatic carbocycles. The maximum absolute atomic E-state index is 5.51. The van der Waals surface area contributed by atoms with E-state index < -0.39 is 0 Å². The predicted octanol–water partition coefficient (Wildman–Crippen LogP) is 5.71. The van der Waals surface area contributed by atoms with Crippen molar-refractivity contribution in [2.45, 2.75) is 25.3 Å². The molecule has 0 saturated carbocycles. The molecule has 0 aromatic heterocycles. The molecule has 0 spiro atoms. The standard InChI is InChI=1S/C26H29NO2.ClH/c1-28-25-17-22-13-15-27(19-23(22)18-26(25)29-2)16-14-24(20-9-5-3-6-10-20)21-11-7-4-8-12-21;/h3-12,17-18,24H,13-16,19H2,1-2H3;1H. The molecule has 1 aliphatic heterocycles. The Balaban J connectivity index is 0.00000256. The highest BCUT2D eigenvalue weighted by Crippen LogP contribution is 2.34. The molecule has 0 aliphatic carbocycles. The zero-order valence-corrected chi connectivity index (χ0v) is 18.5. The average Bonchev–Trinajstić information content (AvgIpc) is 2.79. The Morgan fingerprint density at radius 2 is 1.33 bits per heavy atom. The highest BCUT2D eigenvalue weighted by molar-refractivity contribution is 5.85. The van der Waals surface area contributed by atoms with Gasteiger partial charge in [0.25, 0.3) is 0 Å². The molecule has 4 rings (SSSR count). The number of fused-ring (bicyclic) bond motifs is 1. The van der Waals surface area contributed by atoms with Gasteiger partial charge in [0.2, 0.25) is 0 Å². The van der Waals surface area contributed by atoms with Crippen LogP contribution >= 0.6 is 12.4 Å². The molecule has 0 unspecified atom stereocenters. The van der Waals surface area contributed by atoms with Crippen molar-refractivity contribution >= 4 is 12.4 Å². The second kappa shape index (κ2) is 10.5. The smallest absolute Gasteiger partial charge is 0.161 e. The Hall–Kier alpha value is -2.49. The van der Waals surface area contributed by atoms with Crippen molar-refractivity contribution in [2.75, 3.05) is 27.3 Å². The van der Waals surface area contributed by atoms with Gasteiger partial charge in [0, 0.05) is 19.0 Å². The lowest BCUT2D eigenvalue weighted by molar-refractivity contribution is 0.246. The van der Waals surface area contributed by atoms with Crippen LogP contribution in [0, 0.1) is 0 Å². The first-order valence-electron chi connectivity index (χ1n) is 10.3. The average molecular weight is 424 g/mol. The van der Waals surface area contributed by atoms with Crippen molar-refractivity contribution in [1.29, 1.82) is 0 Å². The Morgan fingerprint density at radius 1 is 0.800 bits per heavy atom. The second-order valence-electron chi connectivity index (χ2n) is 7.66. The molecule has 0 N–H and O–H groups in total. The summed E-state index contributed by atoms with van der Waals surface area (Å²) in [4.78, 5) is 2.56. The fourth-order valence-electron chi connectivity index (χ4n) is 4.34. The van der Waals surface area contributed by atoms with E-state index in [0.717, 1.165) is 44.0 Å². The first-order valence-corrected chi connectivity index (χ1v) is 10.3. The van der Waals surface area contributed by atoms with E-state index in [2.05, 4.69) is 77.7 Å². The highest BCUT2D eigenvalue weighted by Gasteiger charge is 2.21. The Labute approximate surface area is 186 Å². The number of hydrogen-bond donors (Lipinski definition) is 0. The number of methoxy groups -OCH3 is 2. The molecule has 0 bridgehead atoms. The number of benzene rings is 3. The van der Waals surface area contributed by atoms with Crippen molar-refractivity contribution < 1.29 is 9.47 Å². The SMILES string of the molecule is COc1cc2c(cc1OC)CN(CCC(c1ccccc1)c1ccccc1)CC2.Cl. The molecule has 30 heavy (non-hydrogen) atoms. The summed E-state index contributed by atoms with van der Waals surface area (Å²) in [6, 6.07) is 26.0. The minimum absolute atomic E-state index is 0. The molecule has 0 fully saturated rings. The topological polar surface area (TPSA) is 21.7 Å². The maximum Gasteiger partial charge on any atom is 0.161 e. The summed E-state index contributed by atoms with van der Waals surface area (Å²) in [6.45, 7) is 3.12. The molecule has 0 amide bonds. The largest absolute Gasteiger partial charge is 0.493 e. The van der Waals surface area contributed by atoms with Crippen molar-refractivity contribution in [3.8, 4) is 11.5 Å². The normalized spacial score (nSPS) is 13.4. The molecule has 1 heterocycles. The van der Waals surface area contributed by atoms with Gasteiger partial charge in [0.1, 0.15) is 0 Å². The number of hydrogen-bond acceptors (Lipinski definition) is 3. The molecule has 0 atom stereocenters. The van der Waals surface area contributed by atoms with E-state index in [-0.39, 0.29) is 12.4 Å². The fraction of sp³-hybridized carbons (Fsp3) is 0.308. The van der Waals surface area contributed by atoms with Crippen LogP contribution in [-0.4, -0.2) is 32.2 Å².